The summed E-state index contributed by atoms with van der Waals surface area (Å²) in [4.78, 5) is 24.8. The summed E-state index contributed by atoms with van der Waals surface area (Å²) < 4.78 is 12.5. The van der Waals surface area contributed by atoms with Crippen LogP contribution in [0.5, 0.6) is 5.75 Å². The molecule has 0 radical (unpaired) electrons. The van der Waals surface area contributed by atoms with Gasteiger partial charge in [-0.25, -0.2) is 4.79 Å². The number of carbonyl (C=O) groups excluding carboxylic acids is 2. The molecule has 34 heavy (non-hydrogen) atoms. The van der Waals surface area contributed by atoms with Crippen LogP contribution in [0.25, 0.3) is 10.9 Å². The lowest BCUT2D eigenvalue weighted by molar-refractivity contribution is 0.0600. The molecule has 1 amide bonds. The number of ether oxygens (including phenoxy) is 2. The number of benzene rings is 2. The number of carbonyl (C=O) groups is 2. The maximum Gasteiger partial charge on any atom is 0.337 e. The highest BCUT2D eigenvalue weighted by Gasteiger charge is 2.18. The Hall–Kier alpha value is -3.54. The molecule has 1 heterocycles. The Morgan fingerprint density at radius 3 is 2.56 bits per heavy atom. The molecular weight excluding hydrogens is 428 g/mol. The van der Waals surface area contributed by atoms with E-state index in [9.17, 15) is 9.59 Å². The number of amides is 1. The van der Waals surface area contributed by atoms with E-state index < -0.39 is 5.97 Å². The van der Waals surface area contributed by atoms with Gasteiger partial charge in [0.2, 0.25) is 0 Å². The Morgan fingerprint density at radius 1 is 1.09 bits per heavy atom. The van der Waals surface area contributed by atoms with Crippen LogP contribution in [0.15, 0.2) is 55.3 Å². The van der Waals surface area contributed by atoms with Crippen LogP contribution in [0.4, 0.5) is 0 Å². The van der Waals surface area contributed by atoms with Crippen LogP contribution in [-0.2, 0) is 17.7 Å². The van der Waals surface area contributed by atoms with Gasteiger partial charge in [-0.05, 0) is 60.2 Å². The SMILES string of the molecule is C=CCn1cc(Cc2ccc(C(=O)OC)cc2OC)c2cc(C(=O)NCC3CCCC3)ccc21. The molecule has 1 N–H and O–H groups in total. The summed E-state index contributed by atoms with van der Waals surface area (Å²) in [6, 6.07) is 11.2. The summed E-state index contributed by atoms with van der Waals surface area (Å²) in [5.74, 6) is 0.784. The largest absolute Gasteiger partial charge is 0.496 e. The zero-order chi connectivity index (χ0) is 24.1. The van der Waals surface area contributed by atoms with Gasteiger partial charge in [-0.1, -0.05) is 25.0 Å². The van der Waals surface area contributed by atoms with Crippen LogP contribution < -0.4 is 10.1 Å². The first-order chi connectivity index (χ1) is 16.5. The number of hydrogen-bond acceptors (Lipinski definition) is 4. The first kappa shape index (κ1) is 23.6. The summed E-state index contributed by atoms with van der Waals surface area (Å²) >= 11 is 0. The molecule has 0 unspecified atom stereocenters. The van der Waals surface area contributed by atoms with Crippen LogP contribution in [-0.4, -0.2) is 37.2 Å². The Kier molecular flexibility index (Phi) is 7.36. The van der Waals surface area contributed by atoms with Gasteiger partial charge in [0.15, 0.2) is 0 Å². The molecule has 0 atom stereocenters. The van der Waals surface area contributed by atoms with Crippen molar-refractivity contribution in [3.63, 3.8) is 0 Å². The van der Waals surface area contributed by atoms with Crippen LogP contribution in [0.1, 0.15) is 57.5 Å². The highest BCUT2D eigenvalue weighted by Crippen LogP contribution is 2.30. The Labute approximate surface area is 200 Å². The second-order valence-electron chi connectivity index (χ2n) is 8.88. The fourth-order valence-electron chi connectivity index (χ4n) is 4.84. The fourth-order valence-corrected chi connectivity index (χ4v) is 4.84. The molecule has 1 saturated carbocycles. The number of esters is 1. The van der Waals surface area contributed by atoms with E-state index >= 15 is 0 Å². The molecule has 2 aromatic carbocycles. The predicted octanol–water partition coefficient (Wildman–Crippen LogP) is 5.13. The third-order valence-corrected chi connectivity index (χ3v) is 6.67. The van der Waals surface area contributed by atoms with Crippen molar-refractivity contribution in [3.05, 3.63) is 77.5 Å². The topological polar surface area (TPSA) is 69.6 Å². The van der Waals surface area contributed by atoms with E-state index in [0.717, 1.165) is 28.6 Å². The van der Waals surface area contributed by atoms with E-state index in [1.54, 1.807) is 19.2 Å². The van der Waals surface area contributed by atoms with Gasteiger partial charge in [0.1, 0.15) is 5.75 Å². The number of aromatic nitrogens is 1. The predicted molar refractivity (Wildman–Crippen MR) is 134 cm³/mol. The Morgan fingerprint density at radius 2 is 1.85 bits per heavy atom. The van der Waals surface area contributed by atoms with E-state index in [1.807, 2.05) is 30.3 Å². The minimum atomic E-state index is -0.402. The van der Waals surface area contributed by atoms with Crippen molar-refractivity contribution in [3.8, 4) is 5.75 Å². The number of nitrogens with zero attached hydrogens (tertiary/aromatic N) is 1. The summed E-state index contributed by atoms with van der Waals surface area (Å²) in [5.41, 5.74) is 4.18. The van der Waals surface area contributed by atoms with Gasteiger partial charge in [-0.15, -0.1) is 6.58 Å². The van der Waals surface area contributed by atoms with Crippen molar-refractivity contribution in [2.75, 3.05) is 20.8 Å². The molecular formula is C28H32N2O4. The number of allylic oxidation sites excluding steroid dienone is 1. The molecule has 0 aliphatic heterocycles. The molecule has 6 heteroatoms. The second-order valence-corrected chi connectivity index (χ2v) is 8.88. The van der Waals surface area contributed by atoms with Crippen molar-refractivity contribution >= 4 is 22.8 Å². The zero-order valence-corrected chi connectivity index (χ0v) is 19.9. The third kappa shape index (κ3) is 5.01. The summed E-state index contributed by atoms with van der Waals surface area (Å²) in [6.45, 7) is 5.29. The molecule has 3 aromatic rings. The normalized spacial score (nSPS) is 13.7. The standard InChI is InChI=1S/C28H32N2O4/c1-4-13-30-18-23(14-20-9-10-22(28(32)34-3)16-26(20)33-2)24-15-21(11-12-25(24)30)27(31)29-17-19-7-5-6-8-19/h4,9-12,15-16,18-19H,1,5-8,13-14,17H2,2-3H3,(H,29,31). The quantitative estimate of drug-likeness (QED) is 0.355. The van der Waals surface area contributed by atoms with Crippen molar-refractivity contribution < 1.29 is 19.1 Å². The second kappa shape index (κ2) is 10.6. The van der Waals surface area contributed by atoms with Gasteiger partial charge < -0.3 is 19.4 Å². The number of methoxy groups -OCH3 is 2. The summed E-state index contributed by atoms with van der Waals surface area (Å²) in [5, 5.41) is 4.14. The van der Waals surface area contributed by atoms with Crippen molar-refractivity contribution in [1.82, 2.24) is 9.88 Å². The number of fused-ring (bicyclic) bond motifs is 1. The number of nitrogens with one attached hydrogen (secondary N) is 1. The lowest BCUT2D eigenvalue weighted by Crippen LogP contribution is -2.28. The minimum Gasteiger partial charge on any atom is -0.496 e. The average Bonchev–Trinajstić information content (AvgIpc) is 3.50. The van der Waals surface area contributed by atoms with Crippen molar-refractivity contribution in [1.29, 1.82) is 0 Å². The van der Waals surface area contributed by atoms with Gasteiger partial charge in [-0.2, -0.15) is 0 Å². The maximum atomic E-state index is 12.9. The van der Waals surface area contributed by atoms with Crippen molar-refractivity contribution in [2.24, 2.45) is 5.92 Å². The highest BCUT2D eigenvalue weighted by molar-refractivity contribution is 5.99. The van der Waals surface area contributed by atoms with Crippen molar-refractivity contribution in [2.45, 2.75) is 38.6 Å². The molecule has 0 spiro atoms. The lowest BCUT2D eigenvalue weighted by Gasteiger charge is -2.11. The molecule has 1 aliphatic carbocycles. The van der Waals surface area contributed by atoms with Crippen LogP contribution >= 0.6 is 0 Å². The molecule has 1 aromatic heterocycles. The van der Waals surface area contributed by atoms with E-state index in [4.69, 9.17) is 9.47 Å². The zero-order valence-electron chi connectivity index (χ0n) is 19.9. The van der Waals surface area contributed by atoms with Gasteiger partial charge in [0.25, 0.3) is 5.91 Å². The molecule has 1 aliphatic rings. The minimum absolute atomic E-state index is 0.0313. The third-order valence-electron chi connectivity index (χ3n) is 6.67. The lowest BCUT2D eigenvalue weighted by atomic mass is 10.0. The first-order valence-electron chi connectivity index (χ1n) is 11.8. The van der Waals surface area contributed by atoms with Crippen LogP contribution in [0.3, 0.4) is 0 Å². The van der Waals surface area contributed by atoms with Crippen LogP contribution in [0.2, 0.25) is 0 Å². The van der Waals surface area contributed by atoms with E-state index in [-0.39, 0.29) is 5.91 Å². The van der Waals surface area contributed by atoms with Gasteiger partial charge >= 0.3 is 5.97 Å². The smallest absolute Gasteiger partial charge is 0.337 e. The number of rotatable bonds is 9. The van der Waals surface area contributed by atoms with E-state index in [0.29, 0.717) is 35.8 Å². The monoisotopic (exact) mass is 460 g/mol. The number of hydrogen-bond donors (Lipinski definition) is 1. The van der Waals surface area contributed by atoms with Gasteiger partial charge in [0, 0.05) is 42.2 Å². The van der Waals surface area contributed by atoms with Crippen LogP contribution in [0, 0.1) is 5.92 Å². The molecule has 0 bridgehead atoms. The highest BCUT2D eigenvalue weighted by atomic mass is 16.5. The molecule has 0 saturated heterocycles. The summed E-state index contributed by atoms with van der Waals surface area (Å²) in [7, 11) is 2.95. The summed E-state index contributed by atoms with van der Waals surface area (Å²) in [6.07, 6.45) is 9.47. The Bertz CT molecular complexity index is 1200. The molecule has 4 rings (SSSR count). The average molecular weight is 461 g/mol. The molecule has 178 valence electrons. The molecule has 1 fully saturated rings. The molecule has 6 nitrogen and oxygen atoms in total. The van der Waals surface area contributed by atoms with Gasteiger partial charge in [-0.3, -0.25) is 4.79 Å². The maximum absolute atomic E-state index is 12.9. The van der Waals surface area contributed by atoms with E-state index in [2.05, 4.69) is 22.7 Å². The van der Waals surface area contributed by atoms with E-state index in [1.165, 1.54) is 32.8 Å². The first-order valence-corrected chi connectivity index (χ1v) is 11.8. The van der Waals surface area contributed by atoms with Gasteiger partial charge in [0.05, 0.1) is 19.8 Å². The fraction of sp³-hybridized carbons (Fsp3) is 0.357. The Balaban J connectivity index is 1.64.